The van der Waals surface area contributed by atoms with Crippen LogP contribution < -0.4 is 0 Å². The van der Waals surface area contributed by atoms with Crippen molar-refractivity contribution in [2.75, 3.05) is 0 Å². The smallest absolute Gasteiger partial charge is 0.146 e. The highest BCUT2D eigenvalue weighted by Crippen LogP contribution is 2.51. The van der Waals surface area contributed by atoms with Crippen LogP contribution in [0.25, 0.3) is 28.1 Å². The van der Waals surface area contributed by atoms with Crippen LogP contribution in [0, 0.1) is 13.8 Å². The first-order valence-corrected chi connectivity index (χ1v) is 12.6. The molecule has 0 N–H and O–H groups in total. The Morgan fingerprint density at radius 1 is 0.788 bits per heavy atom. The number of hydrogen-bond donors (Lipinski definition) is 0. The number of hydrogen-bond acceptors (Lipinski definition) is 1. The van der Waals surface area contributed by atoms with Crippen molar-refractivity contribution in [3.63, 3.8) is 0 Å². The molecule has 3 aromatic carbocycles. The van der Waals surface area contributed by atoms with Crippen molar-refractivity contribution in [2.45, 2.75) is 77.6 Å². The van der Waals surface area contributed by atoms with Gasteiger partial charge in [0.2, 0.25) is 0 Å². The zero-order valence-corrected chi connectivity index (χ0v) is 20.6. The molecule has 0 radical (unpaired) electrons. The number of nitrogens with zero attached hydrogens (tertiary/aromatic N) is 2. The van der Waals surface area contributed by atoms with Gasteiger partial charge in [-0.3, -0.25) is 4.57 Å². The number of rotatable bonds is 2. The van der Waals surface area contributed by atoms with Gasteiger partial charge in [0.05, 0.1) is 16.7 Å². The fourth-order valence-corrected chi connectivity index (χ4v) is 6.48. The summed E-state index contributed by atoms with van der Waals surface area (Å²) in [4.78, 5) is 5.37. The van der Waals surface area contributed by atoms with Crippen LogP contribution in [0.2, 0.25) is 0 Å². The molecule has 1 fully saturated rings. The van der Waals surface area contributed by atoms with Crippen LogP contribution in [-0.2, 0) is 5.41 Å². The summed E-state index contributed by atoms with van der Waals surface area (Å²) in [5, 5.41) is 0. The normalized spacial score (nSPS) is 19.8. The van der Waals surface area contributed by atoms with E-state index in [9.17, 15) is 0 Å². The summed E-state index contributed by atoms with van der Waals surface area (Å²) in [5.41, 5.74) is 12.1. The molecule has 1 heterocycles. The van der Waals surface area contributed by atoms with Gasteiger partial charge in [-0.2, -0.15) is 0 Å². The van der Waals surface area contributed by atoms with E-state index in [2.05, 4.69) is 93.8 Å². The second kappa shape index (κ2) is 7.32. The second-order valence-corrected chi connectivity index (χ2v) is 11.3. The summed E-state index contributed by atoms with van der Waals surface area (Å²) >= 11 is 0. The third-order valence-corrected chi connectivity index (χ3v) is 8.11. The third kappa shape index (κ3) is 3.18. The van der Waals surface area contributed by atoms with E-state index in [1.807, 2.05) is 0 Å². The van der Waals surface area contributed by atoms with Gasteiger partial charge < -0.3 is 0 Å². The van der Waals surface area contributed by atoms with E-state index < -0.39 is 0 Å². The highest BCUT2D eigenvalue weighted by Gasteiger charge is 2.34. The van der Waals surface area contributed by atoms with Gasteiger partial charge in [0, 0.05) is 5.56 Å². The number of fused-ring (bicyclic) bond motifs is 3. The monoisotopic (exact) mass is 434 g/mol. The fourth-order valence-electron chi connectivity index (χ4n) is 6.48. The van der Waals surface area contributed by atoms with Crippen LogP contribution in [0.1, 0.15) is 86.1 Å². The number of aromatic nitrogens is 2. The Labute approximate surface area is 197 Å². The number of imidazole rings is 1. The lowest BCUT2D eigenvalue weighted by molar-refractivity contribution is 0.359. The molecular formula is C31H34N2. The van der Waals surface area contributed by atoms with Gasteiger partial charge in [-0.1, -0.05) is 63.2 Å². The molecule has 3 aliphatic rings. The van der Waals surface area contributed by atoms with E-state index in [0.717, 1.165) is 23.2 Å². The quantitative estimate of drug-likeness (QED) is 0.310. The van der Waals surface area contributed by atoms with Gasteiger partial charge in [0.15, 0.2) is 0 Å². The summed E-state index contributed by atoms with van der Waals surface area (Å²) in [6.45, 7) is 11.4. The van der Waals surface area contributed by atoms with Gasteiger partial charge >= 0.3 is 0 Å². The topological polar surface area (TPSA) is 17.8 Å². The van der Waals surface area contributed by atoms with Crippen LogP contribution in [0.5, 0.6) is 0 Å². The predicted octanol–water partition coefficient (Wildman–Crippen LogP) is 8.36. The van der Waals surface area contributed by atoms with Crippen molar-refractivity contribution in [1.29, 1.82) is 0 Å². The Kier molecular flexibility index (Phi) is 4.59. The van der Waals surface area contributed by atoms with E-state index in [4.69, 9.17) is 4.98 Å². The Balaban J connectivity index is 1.72. The summed E-state index contributed by atoms with van der Waals surface area (Å²) in [6.07, 6.45) is 5.39. The highest BCUT2D eigenvalue weighted by atomic mass is 15.1. The zero-order chi connectivity index (χ0) is 22.9. The minimum absolute atomic E-state index is 0.0404. The number of para-hydroxylation sites is 1. The summed E-state index contributed by atoms with van der Waals surface area (Å²) < 4.78 is 2.47. The Hall–Kier alpha value is -2.87. The molecule has 2 heteroatoms. The molecule has 0 unspecified atom stereocenters. The summed E-state index contributed by atoms with van der Waals surface area (Å²) in [5.74, 6) is 2.52. The maximum Gasteiger partial charge on any atom is 0.146 e. The lowest BCUT2D eigenvalue weighted by Gasteiger charge is -2.38. The number of aryl methyl sites for hydroxylation is 2. The van der Waals surface area contributed by atoms with E-state index in [1.165, 1.54) is 59.1 Å². The predicted molar refractivity (Wildman–Crippen MR) is 139 cm³/mol. The fraction of sp³-hybridized carbons (Fsp3) is 0.387. The van der Waals surface area contributed by atoms with Gasteiger partial charge in [-0.05, 0) is 96.7 Å². The van der Waals surface area contributed by atoms with E-state index in [0.29, 0.717) is 0 Å². The highest BCUT2D eigenvalue weighted by molar-refractivity contribution is 5.86. The van der Waals surface area contributed by atoms with Crippen molar-refractivity contribution in [3.05, 3.63) is 82.4 Å². The van der Waals surface area contributed by atoms with Crippen LogP contribution in [0.4, 0.5) is 0 Å². The maximum absolute atomic E-state index is 5.37. The Morgan fingerprint density at radius 2 is 1.39 bits per heavy atom. The first kappa shape index (κ1) is 20.7. The Morgan fingerprint density at radius 3 is 2.03 bits per heavy atom. The van der Waals surface area contributed by atoms with Gasteiger partial charge in [-0.15, -0.1) is 0 Å². The lowest BCUT2D eigenvalue weighted by atomic mass is 9.67. The van der Waals surface area contributed by atoms with Crippen molar-refractivity contribution in [3.8, 4) is 17.1 Å². The van der Waals surface area contributed by atoms with E-state index in [1.54, 1.807) is 11.1 Å². The molecule has 0 amide bonds. The SMILES string of the molecule is Cc1cccc(C)c1-n1c(-c2ccccc2C(C)(C)C)nc2cc3c(cc21)C1CCC3CC1. The maximum atomic E-state index is 5.37. The minimum Gasteiger partial charge on any atom is -0.292 e. The van der Waals surface area contributed by atoms with Crippen molar-refractivity contribution in [1.82, 2.24) is 9.55 Å². The first-order valence-electron chi connectivity index (χ1n) is 12.6. The average Bonchev–Trinajstić information content (AvgIpc) is 3.16. The van der Waals surface area contributed by atoms with E-state index in [-0.39, 0.29) is 5.41 Å². The van der Waals surface area contributed by atoms with Crippen LogP contribution in [0.3, 0.4) is 0 Å². The molecule has 0 saturated heterocycles. The number of benzene rings is 3. The molecule has 1 aromatic heterocycles. The van der Waals surface area contributed by atoms with Crippen molar-refractivity contribution in [2.24, 2.45) is 0 Å². The van der Waals surface area contributed by atoms with E-state index >= 15 is 0 Å². The average molecular weight is 435 g/mol. The zero-order valence-electron chi connectivity index (χ0n) is 20.6. The molecular weight excluding hydrogens is 400 g/mol. The molecule has 0 spiro atoms. The van der Waals surface area contributed by atoms with Crippen LogP contribution >= 0.6 is 0 Å². The second-order valence-electron chi connectivity index (χ2n) is 11.3. The molecule has 2 nitrogen and oxygen atoms in total. The van der Waals surface area contributed by atoms with Gasteiger partial charge in [-0.25, -0.2) is 4.98 Å². The molecule has 0 aliphatic heterocycles. The molecule has 2 bridgehead atoms. The Bertz CT molecular complexity index is 1350. The molecule has 1 saturated carbocycles. The molecule has 3 aliphatic carbocycles. The lowest BCUT2D eigenvalue weighted by Crippen LogP contribution is -2.21. The summed E-state index contributed by atoms with van der Waals surface area (Å²) in [6, 6.07) is 20.4. The molecule has 7 rings (SSSR count). The third-order valence-electron chi connectivity index (χ3n) is 8.11. The van der Waals surface area contributed by atoms with Crippen molar-refractivity contribution >= 4 is 11.0 Å². The first-order chi connectivity index (χ1) is 15.8. The standard InChI is InChI=1S/C31H34N2/c1-19-9-8-10-20(2)29(19)33-28-18-25-22-15-13-21(14-16-22)24(25)17-27(28)32-30(33)23-11-6-7-12-26(23)31(3,4)5/h6-12,17-18,21-22H,13-16H2,1-5H3. The minimum atomic E-state index is 0.0404. The summed E-state index contributed by atoms with van der Waals surface area (Å²) in [7, 11) is 0. The van der Waals surface area contributed by atoms with Crippen LogP contribution in [0.15, 0.2) is 54.6 Å². The van der Waals surface area contributed by atoms with Gasteiger partial charge in [0.25, 0.3) is 0 Å². The molecule has 0 atom stereocenters. The van der Waals surface area contributed by atoms with Gasteiger partial charge in [0.1, 0.15) is 5.82 Å². The van der Waals surface area contributed by atoms with Crippen LogP contribution in [-0.4, -0.2) is 9.55 Å². The van der Waals surface area contributed by atoms with Crippen molar-refractivity contribution < 1.29 is 0 Å². The largest absolute Gasteiger partial charge is 0.292 e. The molecule has 33 heavy (non-hydrogen) atoms. The molecule has 168 valence electrons. The molecule has 4 aromatic rings.